The quantitative estimate of drug-likeness (QED) is 0.406. The first-order valence-corrected chi connectivity index (χ1v) is 11.3. The van der Waals surface area contributed by atoms with Crippen LogP contribution in [0.25, 0.3) is 0 Å². The molecule has 2 atom stereocenters. The van der Waals surface area contributed by atoms with E-state index in [0.29, 0.717) is 5.69 Å². The van der Waals surface area contributed by atoms with Crippen LogP contribution in [0.3, 0.4) is 0 Å². The van der Waals surface area contributed by atoms with Gasteiger partial charge in [0.15, 0.2) is 6.61 Å². The number of halogens is 5. The third-order valence-electron chi connectivity index (χ3n) is 6.31. The van der Waals surface area contributed by atoms with Crippen LogP contribution in [0.4, 0.5) is 32.4 Å². The molecule has 2 aromatic carbocycles. The smallest absolute Gasteiger partial charge is 0.340 e. The Balaban J connectivity index is 1.52. The standard InChI is InChI=1S/C24H24F5N5O3/c1-16(23(36,12-32-15-30-14-31-32)19-4-2-3-5-20(19)25)33-10-11-34(22(33)35)17-6-8-18(9-7-17)37-13-24(28,29)21(26)27/h2-9,14-16,21,36H,10-13H2,1H3/t16-,23?/m1/s1. The molecule has 1 aliphatic rings. The minimum absolute atomic E-state index is 0.00801. The third kappa shape index (κ3) is 5.36. The second-order valence-corrected chi connectivity index (χ2v) is 8.65. The molecule has 1 N–H and O–H groups in total. The number of anilines is 1. The topological polar surface area (TPSA) is 83.7 Å². The van der Waals surface area contributed by atoms with Crippen molar-refractivity contribution in [3.05, 3.63) is 72.6 Å². The van der Waals surface area contributed by atoms with Crippen molar-refractivity contribution in [3.8, 4) is 5.75 Å². The van der Waals surface area contributed by atoms with Crippen LogP contribution < -0.4 is 9.64 Å². The number of nitrogens with zero attached hydrogens (tertiary/aromatic N) is 5. The Morgan fingerprint density at radius 1 is 1.11 bits per heavy atom. The van der Waals surface area contributed by atoms with Crippen molar-refractivity contribution in [2.45, 2.75) is 37.5 Å². The van der Waals surface area contributed by atoms with Crippen molar-refractivity contribution in [1.29, 1.82) is 0 Å². The fraction of sp³-hybridized carbons (Fsp3) is 0.375. The van der Waals surface area contributed by atoms with Gasteiger partial charge in [-0.15, -0.1) is 0 Å². The van der Waals surface area contributed by atoms with Crippen LogP contribution in [-0.2, 0) is 12.1 Å². The van der Waals surface area contributed by atoms with Crippen molar-refractivity contribution in [2.75, 3.05) is 24.6 Å². The summed E-state index contributed by atoms with van der Waals surface area (Å²) in [6.07, 6.45) is -1.20. The number of aliphatic hydroxyl groups is 1. The Kier molecular flexibility index (Phi) is 7.35. The molecule has 1 aliphatic heterocycles. The van der Waals surface area contributed by atoms with Crippen molar-refractivity contribution < 1.29 is 36.6 Å². The number of amides is 2. The SMILES string of the molecule is C[C@@H](N1CCN(c2ccc(OCC(F)(F)C(F)F)cc2)C1=O)C(O)(Cn1cncn1)c1ccccc1F. The Hall–Kier alpha value is -3.74. The summed E-state index contributed by atoms with van der Waals surface area (Å²) in [4.78, 5) is 20.0. The number of rotatable bonds is 10. The van der Waals surface area contributed by atoms with Gasteiger partial charge in [0, 0.05) is 24.3 Å². The number of carbonyl (C=O) groups excluding carboxylic acids is 1. The normalized spacial score (nSPS) is 16.8. The van der Waals surface area contributed by atoms with Gasteiger partial charge in [-0.25, -0.2) is 27.6 Å². The van der Waals surface area contributed by atoms with E-state index in [4.69, 9.17) is 4.74 Å². The molecule has 198 valence electrons. The maximum atomic E-state index is 14.8. The van der Waals surface area contributed by atoms with Crippen molar-refractivity contribution in [3.63, 3.8) is 0 Å². The number of benzene rings is 2. The lowest BCUT2D eigenvalue weighted by Crippen LogP contribution is -2.53. The van der Waals surface area contributed by atoms with Gasteiger partial charge < -0.3 is 14.7 Å². The van der Waals surface area contributed by atoms with E-state index in [2.05, 4.69) is 10.1 Å². The molecule has 2 heterocycles. The van der Waals surface area contributed by atoms with Crippen molar-refractivity contribution in [1.82, 2.24) is 19.7 Å². The van der Waals surface area contributed by atoms with Crippen LogP contribution in [-0.4, -0.2) is 68.9 Å². The maximum absolute atomic E-state index is 14.8. The molecule has 0 saturated carbocycles. The molecule has 1 aromatic heterocycles. The monoisotopic (exact) mass is 525 g/mol. The van der Waals surface area contributed by atoms with Gasteiger partial charge >= 0.3 is 18.4 Å². The van der Waals surface area contributed by atoms with Gasteiger partial charge in [0.05, 0.1) is 12.6 Å². The minimum atomic E-state index is -4.29. The zero-order valence-electron chi connectivity index (χ0n) is 19.6. The predicted molar refractivity (Wildman–Crippen MR) is 122 cm³/mol. The molecule has 4 rings (SSSR count). The summed E-state index contributed by atoms with van der Waals surface area (Å²) in [6.45, 7) is 0.369. The van der Waals surface area contributed by atoms with Crippen LogP contribution in [0, 0.1) is 5.82 Å². The Morgan fingerprint density at radius 2 is 1.81 bits per heavy atom. The number of alkyl halides is 4. The molecule has 1 fully saturated rings. The summed E-state index contributed by atoms with van der Waals surface area (Å²) in [7, 11) is 0. The molecular weight excluding hydrogens is 501 g/mol. The fourth-order valence-corrected chi connectivity index (χ4v) is 4.19. The fourth-order valence-electron chi connectivity index (χ4n) is 4.19. The highest BCUT2D eigenvalue weighted by Crippen LogP contribution is 2.35. The Bertz CT molecular complexity index is 1210. The number of hydrogen-bond donors (Lipinski definition) is 1. The summed E-state index contributed by atoms with van der Waals surface area (Å²) < 4.78 is 71.8. The summed E-state index contributed by atoms with van der Waals surface area (Å²) in [5.74, 6) is -5.00. The predicted octanol–water partition coefficient (Wildman–Crippen LogP) is 3.91. The highest BCUT2D eigenvalue weighted by Gasteiger charge is 2.46. The molecule has 0 bridgehead atoms. The van der Waals surface area contributed by atoms with E-state index < -0.39 is 42.4 Å². The summed E-state index contributed by atoms with van der Waals surface area (Å²) >= 11 is 0. The lowest BCUT2D eigenvalue weighted by atomic mass is 9.85. The molecule has 3 aromatic rings. The molecule has 0 spiro atoms. The minimum Gasteiger partial charge on any atom is -0.487 e. The molecule has 1 unspecified atom stereocenters. The third-order valence-corrected chi connectivity index (χ3v) is 6.31. The van der Waals surface area contributed by atoms with E-state index in [1.807, 2.05) is 0 Å². The van der Waals surface area contributed by atoms with E-state index in [9.17, 15) is 31.9 Å². The number of aromatic nitrogens is 3. The molecule has 1 saturated heterocycles. The Labute approximate surface area is 208 Å². The average Bonchev–Trinajstić information content (AvgIpc) is 3.52. The molecule has 13 heteroatoms. The number of ether oxygens (including phenoxy) is 1. The first-order valence-electron chi connectivity index (χ1n) is 11.3. The molecule has 2 amide bonds. The number of carbonyl (C=O) groups is 1. The van der Waals surface area contributed by atoms with Gasteiger partial charge in [0.1, 0.15) is 29.8 Å². The second-order valence-electron chi connectivity index (χ2n) is 8.65. The van der Waals surface area contributed by atoms with Gasteiger partial charge in [0.25, 0.3) is 0 Å². The molecule has 0 aliphatic carbocycles. The zero-order valence-corrected chi connectivity index (χ0v) is 19.6. The van der Waals surface area contributed by atoms with Crippen LogP contribution in [0.15, 0.2) is 61.2 Å². The van der Waals surface area contributed by atoms with Crippen LogP contribution in [0.2, 0.25) is 0 Å². The van der Waals surface area contributed by atoms with E-state index in [1.54, 1.807) is 13.0 Å². The second kappa shape index (κ2) is 10.3. The molecule has 8 nitrogen and oxygen atoms in total. The van der Waals surface area contributed by atoms with Crippen LogP contribution >= 0.6 is 0 Å². The maximum Gasteiger partial charge on any atom is 0.340 e. The summed E-state index contributed by atoms with van der Waals surface area (Å²) in [6, 6.07) is 9.79. The van der Waals surface area contributed by atoms with Crippen LogP contribution in [0.1, 0.15) is 12.5 Å². The Morgan fingerprint density at radius 3 is 2.43 bits per heavy atom. The van der Waals surface area contributed by atoms with Gasteiger partial charge in [-0.2, -0.15) is 13.9 Å². The van der Waals surface area contributed by atoms with E-state index >= 15 is 0 Å². The first kappa shape index (κ1) is 26.3. The lowest BCUT2D eigenvalue weighted by Gasteiger charge is -2.39. The van der Waals surface area contributed by atoms with E-state index in [-0.39, 0.29) is 30.9 Å². The summed E-state index contributed by atoms with van der Waals surface area (Å²) in [5, 5.41) is 15.8. The summed E-state index contributed by atoms with van der Waals surface area (Å²) in [5.41, 5.74) is -1.47. The van der Waals surface area contributed by atoms with Gasteiger partial charge in [0.2, 0.25) is 0 Å². The van der Waals surface area contributed by atoms with E-state index in [0.717, 1.165) is 0 Å². The lowest BCUT2D eigenvalue weighted by molar-refractivity contribution is -0.148. The molecule has 0 radical (unpaired) electrons. The largest absolute Gasteiger partial charge is 0.487 e. The number of urea groups is 1. The average molecular weight is 525 g/mol. The van der Waals surface area contributed by atoms with Crippen molar-refractivity contribution >= 4 is 11.7 Å². The first-order chi connectivity index (χ1) is 17.5. The van der Waals surface area contributed by atoms with Gasteiger partial charge in [-0.3, -0.25) is 4.90 Å². The highest BCUT2D eigenvalue weighted by atomic mass is 19.3. The van der Waals surface area contributed by atoms with Crippen LogP contribution in [0.5, 0.6) is 5.75 Å². The van der Waals surface area contributed by atoms with Gasteiger partial charge in [-0.1, -0.05) is 18.2 Å². The van der Waals surface area contributed by atoms with E-state index in [1.165, 1.54) is 69.6 Å². The van der Waals surface area contributed by atoms with Crippen molar-refractivity contribution in [2.24, 2.45) is 0 Å². The zero-order chi connectivity index (χ0) is 26.8. The molecular formula is C24H24F5N5O3. The van der Waals surface area contributed by atoms with Gasteiger partial charge in [-0.05, 0) is 37.3 Å². The number of hydrogen-bond acceptors (Lipinski definition) is 5. The molecule has 37 heavy (non-hydrogen) atoms. The highest BCUT2D eigenvalue weighted by molar-refractivity contribution is 5.94.